The first kappa shape index (κ1) is 15.9. The van der Waals surface area contributed by atoms with Gasteiger partial charge < -0.3 is 15.3 Å². The third-order valence-electron chi connectivity index (χ3n) is 3.46. The lowest BCUT2D eigenvalue weighted by atomic mass is 10.0. The highest BCUT2D eigenvalue weighted by molar-refractivity contribution is 5.88. The maximum absolute atomic E-state index is 13.0. The minimum atomic E-state index is -0.957. The zero-order valence-electron chi connectivity index (χ0n) is 11.8. The van der Waals surface area contributed by atoms with Gasteiger partial charge in [-0.25, -0.2) is 13.6 Å². The number of hydrogen-bond donors (Lipinski definition) is 2. The van der Waals surface area contributed by atoms with Gasteiger partial charge >= 0.3 is 6.09 Å². The van der Waals surface area contributed by atoms with Crippen molar-refractivity contribution in [2.45, 2.75) is 19.4 Å². The molecule has 7 heteroatoms. The summed E-state index contributed by atoms with van der Waals surface area (Å²) in [7, 11) is 0. The fraction of sp³-hybridized carbons (Fsp3) is 0.333. The highest BCUT2D eigenvalue weighted by Gasteiger charge is 2.18. The molecule has 1 aromatic carbocycles. The van der Waals surface area contributed by atoms with Crippen LogP contribution in [0.4, 0.5) is 13.6 Å². The van der Waals surface area contributed by atoms with Gasteiger partial charge in [-0.1, -0.05) is 11.6 Å². The second-order valence-electron chi connectivity index (χ2n) is 5.04. The Morgan fingerprint density at radius 2 is 1.91 bits per heavy atom. The van der Waals surface area contributed by atoms with Gasteiger partial charge in [0, 0.05) is 25.7 Å². The second-order valence-corrected chi connectivity index (χ2v) is 5.04. The molecule has 0 unspecified atom stereocenters. The van der Waals surface area contributed by atoms with Crippen molar-refractivity contribution in [2.24, 2.45) is 0 Å². The Bertz CT molecular complexity index is 607. The standard InChI is InChI=1S/C15H16F2N2O3/c16-12-2-1-11(7-13(12)17)9-18-14(20)8-10-3-5-19(6-4-10)15(21)22/h1-2,7-8H,3-6,9H2,(H,18,20)(H,21,22). The van der Waals surface area contributed by atoms with Gasteiger partial charge in [-0.15, -0.1) is 0 Å². The van der Waals surface area contributed by atoms with E-state index >= 15 is 0 Å². The fourth-order valence-electron chi connectivity index (χ4n) is 2.20. The number of carbonyl (C=O) groups excluding carboxylic acids is 1. The fourth-order valence-corrected chi connectivity index (χ4v) is 2.20. The van der Waals surface area contributed by atoms with E-state index in [0.29, 0.717) is 31.5 Å². The van der Waals surface area contributed by atoms with Crippen LogP contribution in [0.2, 0.25) is 0 Å². The number of rotatable bonds is 3. The molecule has 0 aromatic heterocycles. The van der Waals surface area contributed by atoms with Gasteiger partial charge in [0.2, 0.25) is 5.91 Å². The van der Waals surface area contributed by atoms with Gasteiger partial charge in [-0.3, -0.25) is 4.79 Å². The van der Waals surface area contributed by atoms with Crippen molar-refractivity contribution in [1.29, 1.82) is 0 Å². The summed E-state index contributed by atoms with van der Waals surface area (Å²) in [6, 6.07) is 3.45. The van der Waals surface area contributed by atoms with Crippen LogP contribution in [0.5, 0.6) is 0 Å². The van der Waals surface area contributed by atoms with Crippen molar-refractivity contribution in [3.05, 3.63) is 47.0 Å². The first-order chi connectivity index (χ1) is 10.5. The number of benzene rings is 1. The Labute approximate surface area is 126 Å². The molecule has 2 rings (SSSR count). The van der Waals surface area contributed by atoms with E-state index in [-0.39, 0.29) is 12.5 Å². The monoisotopic (exact) mass is 310 g/mol. The Balaban J connectivity index is 1.84. The van der Waals surface area contributed by atoms with E-state index in [1.165, 1.54) is 17.0 Å². The number of nitrogens with one attached hydrogen (secondary N) is 1. The molecule has 1 heterocycles. The first-order valence-corrected chi connectivity index (χ1v) is 6.85. The molecule has 118 valence electrons. The number of nitrogens with zero attached hydrogens (tertiary/aromatic N) is 1. The summed E-state index contributed by atoms with van der Waals surface area (Å²) >= 11 is 0. The van der Waals surface area contributed by atoms with Crippen molar-refractivity contribution in [2.75, 3.05) is 13.1 Å². The topological polar surface area (TPSA) is 69.6 Å². The van der Waals surface area contributed by atoms with Crippen molar-refractivity contribution >= 4 is 12.0 Å². The molecule has 2 amide bonds. The summed E-state index contributed by atoms with van der Waals surface area (Å²) in [5, 5.41) is 11.4. The summed E-state index contributed by atoms with van der Waals surface area (Å²) < 4.78 is 25.8. The predicted molar refractivity (Wildman–Crippen MR) is 75.1 cm³/mol. The van der Waals surface area contributed by atoms with E-state index in [4.69, 9.17) is 5.11 Å². The van der Waals surface area contributed by atoms with Gasteiger partial charge in [0.25, 0.3) is 0 Å². The van der Waals surface area contributed by atoms with Crippen LogP contribution >= 0.6 is 0 Å². The van der Waals surface area contributed by atoms with E-state index in [0.717, 1.165) is 17.7 Å². The molecule has 0 radical (unpaired) electrons. The first-order valence-electron chi connectivity index (χ1n) is 6.85. The summed E-state index contributed by atoms with van der Waals surface area (Å²) in [5.41, 5.74) is 1.34. The third-order valence-corrected chi connectivity index (χ3v) is 3.46. The molecule has 2 N–H and O–H groups in total. The van der Waals surface area contributed by atoms with Crippen LogP contribution in [-0.4, -0.2) is 35.1 Å². The van der Waals surface area contributed by atoms with Gasteiger partial charge in [0.05, 0.1) is 0 Å². The SMILES string of the molecule is O=C(C=C1CCN(C(=O)O)CC1)NCc1ccc(F)c(F)c1. The van der Waals surface area contributed by atoms with Gasteiger partial charge in [-0.05, 0) is 30.5 Å². The number of halogens is 2. The summed E-state index contributed by atoms with van der Waals surface area (Å²) in [5.74, 6) is -2.21. The Morgan fingerprint density at radius 3 is 2.50 bits per heavy atom. The van der Waals surface area contributed by atoms with Crippen LogP contribution in [0.15, 0.2) is 29.8 Å². The maximum Gasteiger partial charge on any atom is 0.407 e. The molecule has 1 aliphatic heterocycles. The number of piperidine rings is 1. The molecule has 22 heavy (non-hydrogen) atoms. The molecule has 1 saturated heterocycles. The van der Waals surface area contributed by atoms with E-state index in [1.54, 1.807) is 0 Å². The normalized spacial score (nSPS) is 14.6. The second kappa shape index (κ2) is 7.02. The molecule has 5 nitrogen and oxygen atoms in total. The molecule has 0 saturated carbocycles. The van der Waals surface area contributed by atoms with Crippen LogP contribution in [0, 0.1) is 11.6 Å². The molecule has 1 aromatic rings. The van der Waals surface area contributed by atoms with E-state index in [1.807, 2.05) is 0 Å². The molecule has 0 atom stereocenters. The van der Waals surface area contributed by atoms with Crippen LogP contribution in [0.25, 0.3) is 0 Å². The lowest BCUT2D eigenvalue weighted by Crippen LogP contribution is -2.35. The smallest absolute Gasteiger partial charge is 0.407 e. The van der Waals surface area contributed by atoms with E-state index in [9.17, 15) is 18.4 Å². The number of hydrogen-bond acceptors (Lipinski definition) is 2. The molecule has 0 spiro atoms. The minimum absolute atomic E-state index is 0.0983. The van der Waals surface area contributed by atoms with Crippen LogP contribution in [0.1, 0.15) is 18.4 Å². The van der Waals surface area contributed by atoms with Gasteiger partial charge in [0.1, 0.15) is 0 Å². The number of amides is 2. The molecule has 1 fully saturated rings. The summed E-state index contributed by atoms with van der Waals surface area (Å²) in [4.78, 5) is 23.8. The van der Waals surface area contributed by atoms with Gasteiger partial charge in [-0.2, -0.15) is 0 Å². The summed E-state index contributed by atoms with van der Waals surface area (Å²) in [6.45, 7) is 0.844. The Morgan fingerprint density at radius 1 is 1.23 bits per heavy atom. The largest absolute Gasteiger partial charge is 0.465 e. The maximum atomic E-state index is 13.0. The lowest BCUT2D eigenvalue weighted by molar-refractivity contribution is -0.116. The van der Waals surface area contributed by atoms with Gasteiger partial charge in [0.15, 0.2) is 11.6 Å². The Hall–Kier alpha value is -2.44. The third kappa shape index (κ3) is 4.28. The molecular formula is C15H16F2N2O3. The highest BCUT2D eigenvalue weighted by Crippen LogP contribution is 2.16. The number of likely N-dealkylation sites (tertiary alicyclic amines) is 1. The van der Waals surface area contributed by atoms with Crippen LogP contribution in [0.3, 0.4) is 0 Å². The number of carboxylic acid groups (broad SMARTS) is 1. The summed E-state index contributed by atoms with van der Waals surface area (Å²) in [6.07, 6.45) is 1.52. The Kier molecular flexibility index (Phi) is 5.08. The average Bonchev–Trinajstić information content (AvgIpc) is 2.49. The molecular weight excluding hydrogens is 294 g/mol. The van der Waals surface area contributed by atoms with Crippen molar-refractivity contribution in [3.63, 3.8) is 0 Å². The van der Waals surface area contributed by atoms with E-state index in [2.05, 4.69) is 5.32 Å². The predicted octanol–water partition coefficient (Wildman–Crippen LogP) is 2.28. The van der Waals surface area contributed by atoms with Crippen molar-refractivity contribution in [3.8, 4) is 0 Å². The van der Waals surface area contributed by atoms with Crippen molar-refractivity contribution in [1.82, 2.24) is 10.2 Å². The average molecular weight is 310 g/mol. The molecule has 0 bridgehead atoms. The molecule has 1 aliphatic rings. The van der Waals surface area contributed by atoms with Crippen LogP contribution < -0.4 is 5.32 Å². The molecule has 0 aliphatic carbocycles. The van der Waals surface area contributed by atoms with Crippen molar-refractivity contribution < 1.29 is 23.5 Å². The highest BCUT2D eigenvalue weighted by atomic mass is 19.2. The lowest BCUT2D eigenvalue weighted by Gasteiger charge is -2.25. The zero-order valence-corrected chi connectivity index (χ0v) is 11.8. The van der Waals surface area contributed by atoms with E-state index < -0.39 is 17.7 Å². The number of carbonyl (C=O) groups is 2. The zero-order chi connectivity index (χ0) is 16.1. The van der Waals surface area contributed by atoms with Crippen LogP contribution in [-0.2, 0) is 11.3 Å². The quantitative estimate of drug-likeness (QED) is 0.842. The minimum Gasteiger partial charge on any atom is -0.465 e.